The lowest BCUT2D eigenvalue weighted by molar-refractivity contribution is -0.166. The summed E-state index contributed by atoms with van der Waals surface area (Å²) in [4.78, 5) is 10.9. The third-order valence-corrected chi connectivity index (χ3v) is 4.14. The number of halogens is 2. The summed E-state index contributed by atoms with van der Waals surface area (Å²) in [7, 11) is 0. The van der Waals surface area contributed by atoms with Gasteiger partial charge in [-0.15, -0.1) is 0 Å². The van der Waals surface area contributed by atoms with Gasteiger partial charge in [-0.05, 0) is 32.3 Å². The molecule has 4 heteroatoms. The number of aliphatic carboxylic acids is 1. The van der Waals surface area contributed by atoms with Crippen LogP contribution >= 0.6 is 0 Å². The molecule has 0 amide bonds. The van der Waals surface area contributed by atoms with Crippen LogP contribution < -0.4 is 0 Å². The van der Waals surface area contributed by atoms with E-state index in [-0.39, 0.29) is 5.39 Å². The van der Waals surface area contributed by atoms with Crippen LogP contribution in [0.15, 0.2) is 54.6 Å². The number of rotatable bonds is 2. The van der Waals surface area contributed by atoms with Crippen molar-refractivity contribution < 1.29 is 18.7 Å². The summed E-state index contributed by atoms with van der Waals surface area (Å²) < 4.78 is 28.1. The van der Waals surface area contributed by atoms with Crippen LogP contribution in [0.1, 0.15) is 5.56 Å². The molecule has 0 spiro atoms. The molecule has 4 rings (SSSR count). The van der Waals surface area contributed by atoms with Gasteiger partial charge in [0, 0.05) is 5.56 Å². The van der Waals surface area contributed by atoms with Crippen LogP contribution in [-0.4, -0.2) is 11.1 Å². The molecule has 0 bridgehead atoms. The molecule has 0 heterocycles. The molecule has 0 fully saturated rings. The highest BCUT2D eigenvalue weighted by Gasteiger charge is 2.42. The van der Waals surface area contributed by atoms with Crippen LogP contribution in [0.3, 0.4) is 0 Å². The second kappa shape index (κ2) is 4.13. The van der Waals surface area contributed by atoms with Gasteiger partial charge in [-0.3, -0.25) is 0 Å². The van der Waals surface area contributed by atoms with Crippen molar-refractivity contribution >= 4 is 38.3 Å². The Hall–Kier alpha value is -2.75. The second-order valence-electron chi connectivity index (χ2n) is 5.35. The van der Waals surface area contributed by atoms with Gasteiger partial charge in [0.25, 0.3) is 0 Å². The minimum atomic E-state index is -3.91. The maximum Gasteiger partial charge on any atom is 0.379 e. The number of alkyl halides is 2. The molecule has 4 aromatic rings. The smallest absolute Gasteiger partial charge is 0.379 e. The van der Waals surface area contributed by atoms with Crippen LogP contribution in [0, 0.1) is 0 Å². The Balaban J connectivity index is 2.25. The van der Waals surface area contributed by atoms with Gasteiger partial charge < -0.3 is 5.11 Å². The minimum Gasteiger partial charge on any atom is -0.477 e. The van der Waals surface area contributed by atoms with Crippen molar-refractivity contribution in [2.45, 2.75) is 5.92 Å². The molecule has 0 aliphatic carbocycles. The Morgan fingerprint density at radius 1 is 0.818 bits per heavy atom. The molecule has 0 radical (unpaired) electrons. The zero-order valence-electron chi connectivity index (χ0n) is 11.3. The maximum atomic E-state index is 14.0. The maximum absolute atomic E-state index is 14.0. The quantitative estimate of drug-likeness (QED) is 0.541. The molecule has 0 saturated carbocycles. The lowest BCUT2D eigenvalue weighted by Gasteiger charge is -2.17. The summed E-state index contributed by atoms with van der Waals surface area (Å²) in [5.41, 5.74) is -0.467. The fourth-order valence-corrected chi connectivity index (χ4v) is 3.12. The summed E-state index contributed by atoms with van der Waals surface area (Å²) in [6.07, 6.45) is 0. The average Bonchev–Trinajstić information content (AvgIpc) is 2.52. The predicted molar refractivity (Wildman–Crippen MR) is 81.7 cm³/mol. The Morgan fingerprint density at radius 2 is 1.36 bits per heavy atom. The number of carboxylic acids is 1. The first-order chi connectivity index (χ1) is 10.5. The summed E-state index contributed by atoms with van der Waals surface area (Å²) >= 11 is 0. The Morgan fingerprint density at radius 3 is 2.00 bits per heavy atom. The highest BCUT2D eigenvalue weighted by molar-refractivity contribution is 6.23. The van der Waals surface area contributed by atoms with E-state index in [4.69, 9.17) is 5.11 Å². The second-order valence-corrected chi connectivity index (χ2v) is 5.35. The summed E-state index contributed by atoms with van der Waals surface area (Å²) in [6, 6.07) is 15.7. The summed E-state index contributed by atoms with van der Waals surface area (Å²) in [5.74, 6) is -6.05. The van der Waals surface area contributed by atoms with E-state index in [2.05, 4.69) is 0 Å². The average molecular weight is 296 g/mol. The van der Waals surface area contributed by atoms with Crippen molar-refractivity contribution in [2.24, 2.45) is 0 Å². The first-order valence-corrected chi connectivity index (χ1v) is 6.78. The third-order valence-electron chi connectivity index (χ3n) is 4.14. The molecule has 4 aromatic carbocycles. The van der Waals surface area contributed by atoms with Crippen LogP contribution in [0.2, 0.25) is 0 Å². The Kier molecular flexibility index (Phi) is 2.43. The SMILES string of the molecule is O=C(O)C(F)(F)c1ccc2ccc3cccc4ccc1c2c34. The zero-order chi connectivity index (χ0) is 15.5. The van der Waals surface area contributed by atoms with Crippen LogP contribution in [-0.2, 0) is 10.7 Å². The van der Waals surface area contributed by atoms with Crippen molar-refractivity contribution in [1.82, 2.24) is 0 Å². The van der Waals surface area contributed by atoms with E-state index in [9.17, 15) is 13.6 Å². The highest BCUT2D eigenvalue weighted by Crippen LogP contribution is 2.40. The lowest BCUT2D eigenvalue weighted by Crippen LogP contribution is -2.25. The van der Waals surface area contributed by atoms with Crippen molar-refractivity contribution in [2.75, 3.05) is 0 Å². The Bertz CT molecular complexity index is 1020. The number of carbonyl (C=O) groups is 1. The molecule has 0 aromatic heterocycles. The van der Waals surface area contributed by atoms with Gasteiger partial charge in [-0.2, -0.15) is 8.78 Å². The van der Waals surface area contributed by atoms with Gasteiger partial charge >= 0.3 is 11.9 Å². The minimum absolute atomic E-state index is 0.286. The van der Waals surface area contributed by atoms with Gasteiger partial charge in [-0.1, -0.05) is 54.6 Å². The fourth-order valence-electron chi connectivity index (χ4n) is 3.12. The summed E-state index contributed by atoms with van der Waals surface area (Å²) in [6.45, 7) is 0. The van der Waals surface area contributed by atoms with E-state index < -0.39 is 17.5 Å². The van der Waals surface area contributed by atoms with Crippen LogP contribution in [0.5, 0.6) is 0 Å². The predicted octanol–water partition coefficient (Wildman–Crippen LogP) is 4.76. The molecule has 0 aliphatic heterocycles. The van der Waals surface area contributed by atoms with E-state index in [1.807, 2.05) is 30.3 Å². The highest BCUT2D eigenvalue weighted by atomic mass is 19.3. The van der Waals surface area contributed by atoms with Crippen molar-refractivity contribution in [3.8, 4) is 0 Å². The van der Waals surface area contributed by atoms with E-state index >= 15 is 0 Å². The van der Waals surface area contributed by atoms with Gasteiger partial charge in [0.05, 0.1) is 0 Å². The van der Waals surface area contributed by atoms with Crippen LogP contribution in [0.25, 0.3) is 32.3 Å². The molecule has 1 N–H and O–H groups in total. The van der Waals surface area contributed by atoms with Crippen molar-refractivity contribution in [3.63, 3.8) is 0 Å². The van der Waals surface area contributed by atoms with E-state index in [1.165, 1.54) is 6.07 Å². The zero-order valence-corrected chi connectivity index (χ0v) is 11.3. The molecule has 0 unspecified atom stereocenters. The largest absolute Gasteiger partial charge is 0.477 e. The molecule has 0 aliphatic rings. The van der Waals surface area contributed by atoms with Gasteiger partial charge in [0.2, 0.25) is 0 Å². The monoisotopic (exact) mass is 296 g/mol. The van der Waals surface area contributed by atoms with E-state index in [0.717, 1.165) is 21.5 Å². The summed E-state index contributed by atoms with van der Waals surface area (Å²) in [5, 5.41) is 13.4. The Labute approximate surface area is 123 Å². The number of carboxylic acid groups (broad SMARTS) is 1. The first kappa shape index (κ1) is 13.0. The van der Waals surface area contributed by atoms with E-state index in [1.54, 1.807) is 18.2 Å². The molecule has 2 nitrogen and oxygen atoms in total. The third kappa shape index (κ3) is 1.55. The van der Waals surface area contributed by atoms with Gasteiger partial charge in [0.1, 0.15) is 0 Å². The number of benzene rings is 4. The molecule has 108 valence electrons. The van der Waals surface area contributed by atoms with E-state index in [0.29, 0.717) is 5.39 Å². The topological polar surface area (TPSA) is 37.3 Å². The number of hydrogen-bond acceptors (Lipinski definition) is 1. The fraction of sp³-hybridized carbons (Fsp3) is 0.0556. The van der Waals surface area contributed by atoms with Gasteiger partial charge in [-0.25, -0.2) is 4.79 Å². The lowest BCUT2D eigenvalue weighted by atomic mass is 9.90. The van der Waals surface area contributed by atoms with Crippen molar-refractivity contribution in [3.05, 3.63) is 60.2 Å². The standard InChI is InChI=1S/C18H10F2O2/c19-18(20,17(21)22)14-9-7-12-5-4-10-2-1-3-11-6-8-13(14)16(12)15(10)11/h1-9H,(H,21,22). The molecular formula is C18H10F2O2. The molecule has 0 saturated heterocycles. The molecular weight excluding hydrogens is 286 g/mol. The molecule has 22 heavy (non-hydrogen) atoms. The normalized spacial score (nSPS) is 12.5. The first-order valence-electron chi connectivity index (χ1n) is 6.78. The molecule has 0 atom stereocenters. The van der Waals surface area contributed by atoms with Crippen molar-refractivity contribution in [1.29, 1.82) is 0 Å². The number of hydrogen-bond donors (Lipinski definition) is 1. The van der Waals surface area contributed by atoms with Crippen LogP contribution in [0.4, 0.5) is 8.78 Å². The van der Waals surface area contributed by atoms with Gasteiger partial charge in [0.15, 0.2) is 0 Å².